The highest BCUT2D eigenvalue weighted by molar-refractivity contribution is 5.75. The fourth-order valence-electron chi connectivity index (χ4n) is 3.61. The van der Waals surface area contributed by atoms with E-state index in [1.807, 2.05) is 0 Å². The van der Waals surface area contributed by atoms with E-state index in [1.165, 1.54) is 38.5 Å². The Morgan fingerprint density at radius 2 is 1.93 bits per heavy atom. The summed E-state index contributed by atoms with van der Waals surface area (Å²) in [5.74, 6) is 0.628. The first-order valence-corrected chi connectivity index (χ1v) is 6.26. The van der Waals surface area contributed by atoms with Gasteiger partial charge in [-0.3, -0.25) is 9.69 Å². The van der Waals surface area contributed by atoms with Crippen molar-refractivity contribution in [1.29, 1.82) is 0 Å². The fourth-order valence-corrected chi connectivity index (χ4v) is 3.61. The molecule has 1 heterocycles. The Balaban J connectivity index is 1.71. The van der Waals surface area contributed by atoms with E-state index >= 15 is 0 Å². The van der Waals surface area contributed by atoms with Crippen LogP contribution in [0.1, 0.15) is 38.5 Å². The second kappa shape index (κ2) is 3.48. The van der Waals surface area contributed by atoms with Crippen LogP contribution in [0.25, 0.3) is 0 Å². The third kappa shape index (κ3) is 1.57. The lowest BCUT2D eigenvalue weighted by Gasteiger charge is -2.35. The lowest BCUT2D eigenvalue weighted by Crippen LogP contribution is -2.46. The normalized spacial score (nSPS) is 41.5. The van der Waals surface area contributed by atoms with Gasteiger partial charge >= 0.3 is 5.97 Å². The van der Waals surface area contributed by atoms with E-state index < -0.39 is 5.97 Å². The molecule has 0 aromatic heterocycles. The van der Waals surface area contributed by atoms with Gasteiger partial charge in [0.15, 0.2) is 0 Å². The molecule has 3 nitrogen and oxygen atoms in total. The largest absolute Gasteiger partial charge is 0.480 e. The van der Waals surface area contributed by atoms with Crippen LogP contribution in [0.2, 0.25) is 0 Å². The number of fused-ring (bicyclic) bond motifs is 1. The number of likely N-dealkylation sites (tertiary alicyclic amines) is 1. The van der Waals surface area contributed by atoms with E-state index in [4.69, 9.17) is 0 Å². The number of hydrogen-bond donors (Lipinski definition) is 1. The average Bonchev–Trinajstić information content (AvgIpc) is 2.90. The first kappa shape index (κ1) is 9.64. The highest BCUT2D eigenvalue weighted by Crippen LogP contribution is 2.51. The minimum absolute atomic E-state index is 0.141. The number of carboxylic acid groups (broad SMARTS) is 1. The molecule has 0 radical (unpaired) electrons. The molecule has 1 N–H and O–H groups in total. The molecule has 1 saturated heterocycles. The Morgan fingerprint density at radius 3 is 2.60 bits per heavy atom. The molecule has 1 aliphatic heterocycles. The topological polar surface area (TPSA) is 40.5 Å². The molecule has 0 aromatic rings. The van der Waals surface area contributed by atoms with Crippen molar-refractivity contribution < 1.29 is 9.90 Å². The van der Waals surface area contributed by atoms with Crippen LogP contribution < -0.4 is 0 Å². The van der Waals surface area contributed by atoms with Crippen molar-refractivity contribution in [3.05, 3.63) is 0 Å². The van der Waals surface area contributed by atoms with Gasteiger partial charge in [0, 0.05) is 12.6 Å². The van der Waals surface area contributed by atoms with E-state index in [9.17, 15) is 9.90 Å². The minimum atomic E-state index is -0.578. The second-order valence-corrected chi connectivity index (χ2v) is 5.43. The van der Waals surface area contributed by atoms with Gasteiger partial charge in [0.2, 0.25) is 0 Å². The predicted molar refractivity (Wildman–Crippen MR) is 56.6 cm³/mol. The molecule has 3 aliphatic rings. The van der Waals surface area contributed by atoms with Crippen molar-refractivity contribution in [2.24, 2.45) is 11.8 Å². The lowest BCUT2D eigenvalue weighted by molar-refractivity contribution is -0.144. The smallest absolute Gasteiger partial charge is 0.321 e. The zero-order chi connectivity index (χ0) is 10.4. The van der Waals surface area contributed by atoms with Gasteiger partial charge in [0.1, 0.15) is 6.04 Å². The van der Waals surface area contributed by atoms with Crippen molar-refractivity contribution in [2.45, 2.75) is 50.6 Å². The standard InChI is InChI=1S/C12H19NO2/c14-12(15)11-10-6-8(10)7-13(11)9-4-2-1-3-5-9/h8-11H,1-7H2,(H,14,15). The number of hydrogen-bond acceptors (Lipinski definition) is 2. The van der Waals surface area contributed by atoms with Crippen LogP contribution in [0.5, 0.6) is 0 Å². The molecule has 3 fully saturated rings. The zero-order valence-electron chi connectivity index (χ0n) is 9.06. The maximum atomic E-state index is 11.3. The molecule has 2 aliphatic carbocycles. The van der Waals surface area contributed by atoms with E-state index in [2.05, 4.69) is 4.90 Å². The van der Waals surface area contributed by atoms with Gasteiger partial charge < -0.3 is 5.11 Å². The summed E-state index contributed by atoms with van der Waals surface area (Å²) in [5, 5.41) is 9.27. The van der Waals surface area contributed by atoms with Crippen molar-refractivity contribution in [2.75, 3.05) is 6.54 Å². The molecule has 0 spiro atoms. The Labute approximate surface area is 90.5 Å². The molecule has 84 valence electrons. The van der Waals surface area contributed by atoms with Crippen molar-refractivity contribution >= 4 is 5.97 Å². The van der Waals surface area contributed by atoms with Crippen molar-refractivity contribution in [3.63, 3.8) is 0 Å². The van der Waals surface area contributed by atoms with E-state index in [-0.39, 0.29) is 6.04 Å². The highest BCUT2D eigenvalue weighted by Gasteiger charge is 2.56. The molecule has 0 aromatic carbocycles. The van der Waals surface area contributed by atoms with Gasteiger partial charge in [-0.1, -0.05) is 19.3 Å². The number of rotatable bonds is 2. The van der Waals surface area contributed by atoms with Crippen LogP contribution in [0.3, 0.4) is 0 Å². The number of carbonyl (C=O) groups is 1. The third-order valence-corrected chi connectivity index (χ3v) is 4.48. The van der Waals surface area contributed by atoms with E-state index in [0.717, 1.165) is 6.54 Å². The summed E-state index contributed by atoms with van der Waals surface area (Å²) >= 11 is 0. The molecule has 3 rings (SSSR count). The zero-order valence-corrected chi connectivity index (χ0v) is 9.06. The summed E-state index contributed by atoms with van der Waals surface area (Å²) in [7, 11) is 0. The second-order valence-electron chi connectivity index (χ2n) is 5.43. The van der Waals surface area contributed by atoms with Gasteiger partial charge in [0.25, 0.3) is 0 Å². The monoisotopic (exact) mass is 209 g/mol. The molecule has 3 atom stereocenters. The molecular weight excluding hydrogens is 190 g/mol. The Kier molecular flexibility index (Phi) is 2.23. The summed E-state index contributed by atoms with van der Waals surface area (Å²) < 4.78 is 0. The van der Waals surface area contributed by atoms with Crippen molar-refractivity contribution in [3.8, 4) is 0 Å². The Bertz CT molecular complexity index is 273. The van der Waals surface area contributed by atoms with Gasteiger partial charge in [-0.25, -0.2) is 0 Å². The molecule has 15 heavy (non-hydrogen) atoms. The van der Waals surface area contributed by atoms with Crippen molar-refractivity contribution in [1.82, 2.24) is 4.90 Å². The summed E-state index contributed by atoms with van der Waals surface area (Å²) in [6.45, 7) is 1.06. The highest BCUT2D eigenvalue weighted by atomic mass is 16.4. The lowest BCUT2D eigenvalue weighted by atomic mass is 9.93. The quantitative estimate of drug-likeness (QED) is 0.753. The molecular formula is C12H19NO2. The molecule has 3 unspecified atom stereocenters. The Morgan fingerprint density at radius 1 is 1.20 bits per heavy atom. The average molecular weight is 209 g/mol. The first-order chi connectivity index (χ1) is 7.27. The molecule has 2 saturated carbocycles. The SMILES string of the molecule is O=C(O)C1C2CC2CN1C1CCCCC1. The van der Waals surface area contributed by atoms with Gasteiger partial charge in [0.05, 0.1) is 0 Å². The maximum Gasteiger partial charge on any atom is 0.321 e. The number of piperidine rings is 1. The van der Waals surface area contributed by atoms with Crippen LogP contribution in [-0.2, 0) is 4.79 Å². The number of aliphatic carboxylic acids is 1. The first-order valence-electron chi connectivity index (χ1n) is 6.26. The van der Waals surface area contributed by atoms with Gasteiger partial charge in [-0.2, -0.15) is 0 Å². The predicted octanol–water partition coefficient (Wildman–Crippen LogP) is 1.72. The summed E-state index contributed by atoms with van der Waals surface area (Å²) in [4.78, 5) is 13.6. The van der Waals surface area contributed by atoms with E-state index in [0.29, 0.717) is 17.9 Å². The molecule has 3 heteroatoms. The van der Waals surface area contributed by atoms with Crippen LogP contribution >= 0.6 is 0 Å². The van der Waals surface area contributed by atoms with Crippen LogP contribution in [-0.4, -0.2) is 34.6 Å². The fraction of sp³-hybridized carbons (Fsp3) is 0.917. The summed E-state index contributed by atoms with van der Waals surface area (Å²) in [5.41, 5.74) is 0. The van der Waals surface area contributed by atoms with Crippen LogP contribution in [0, 0.1) is 11.8 Å². The maximum absolute atomic E-state index is 11.3. The molecule has 0 bridgehead atoms. The number of carboxylic acids is 1. The van der Waals surface area contributed by atoms with Gasteiger partial charge in [-0.05, 0) is 31.1 Å². The Hall–Kier alpha value is -0.570. The summed E-state index contributed by atoms with van der Waals surface area (Å²) in [6.07, 6.45) is 7.55. The van der Waals surface area contributed by atoms with Crippen LogP contribution in [0.4, 0.5) is 0 Å². The minimum Gasteiger partial charge on any atom is -0.480 e. The number of nitrogens with zero attached hydrogens (tertiary/aromatic N) is 1. The third-order valence-electron chi connectivity index (χ3n) is 4.48. The van der Waals surface area contributed by atoms with Crippen LogP contribution in [0.15, 0.2) is 0 Å². The van der Waals surface area contributed by atoms with E-state index in [1.54, 1.807) is 0 Å². The molecule has 0 amide bonds. The summed E-state index contributed by atoms with van der Waals surface area (Å²) in [6, 6.07) is 0.436. The van der Waals surface area contributed by atoms with Gasteiger partial charge in [-0.15, -0.1) is 0 Å².